The van der Waals surface area contributed by atoms with Crippen LogP contribution in [-0.2, 0) is 6.54 Å². The van der Waals surface area contributed by atoms with Crippen molar-refractivity contribution in [1.82, 2.24) is 10.4 Å². The molecule has 0 radical (unpaired) electrons. The van der Waals surface area contributed by atoms with E-state index in [1.807, 2.05) is 18.2 Å². The third-order valence-corrected chi connectivity index (χ3v) is 1.10. The molecule has 0 saturated heterocycles. The summed E-state index contributed by atoms with van der Waals surface area (Å²) in [5.41, 5.74) is 3.68. The summed E-state index contributed by atoms with van der Waals surface area (Å²) in [6.07, 6.45) is 1.75. The van der Waals surface area contributed by atoms with E-state index in [4.69, 9.17) is 0 Å². The molecular weight excluding hydrogens is 126 g/mol. The van der Waals surface area contributed by atoms with Crippen molar-refractivity contribution in [2.45, 2.75) is 6.54 Å². The number of rotatable bonds is 3. The summed E-state index contributed by atoms with van der Waals surface area (Å²) >= 11 is 0. The van der Waals surface area contributed by atoms with Crippen molar-refractivity contribution in [1.29, 1.82) is 0 Å². The van der Waals surface area contributed by atoms with Crippen molar-refractivity contribution in [2.75, 3.05) is 0 Å². The fourth-order valence-electron chi connectivity index (χ4n) is 0.640. The number of hydrogen-bond acceptors (Lipinski definition) is 3. The van der Waals surface area contributed by atoms with Crippen LogP contribution in [0.5, 0.6) is 0 Å². The average Bonchev–Trinajstić information content (AvgIpc) is 2.03. The number of nitrogens with zero attached hydrogens (tertiary/aromatic N) is 2. The zero-order valence-corrected chi connectivity index (χ0v) is 5.62. The molecule has 10 heavy (non-hydrogen) atoms. The minimum absolute atomic E-state index is 0.643. The second-order valence-corrected chi connectivity index (χ2v) is 1.81. The molecule has 0 fully saturated rings. The van der Waals surface area contributed by atoms with Gasteiger partial charge in [0.2, 0.25) is 0 Å². The lowest BCUT2D eigenvalue weighted by Crippen LogP contribution is -2.04. The first-order valence-electron chi connectivity index (χ1n) is 3.02. The predicted octanol–water partition coefficient (Wildman–Crippen LogP) is 0.787. The summed E-state index contributed by atoms with van der Waals surface area (Å²) < 4.78 is 0. The highest BCUT2D eigenvalue weighted by atomic mass is 15.3. The van der Waals surface area contributed by atoms with Crippen molar-refractivity contribution in [2.24, 2.45) is 5.10 Å². The molecule has 0 atom stereocenters. The summed E-state index contributed by atoms with van der Waals surface area (Å²) in [4.78, 5) is 4.07. The van der Waals surface area contributed by atoms with Crippen molar-refractivity contribution >= 4 is 6.72 Å². The minimum atomic E-state index is 0.643. The Bertz CT molecular complexity index is 195. The molecular formula is C7H9N3. The number of pyridine rings is 1. The van der Waals surface area contributed by atoms with E-state index >= 15 is 0 Å². The molecule has 1 N–H and O–H groups in total. The van der Waals surface area contributed by atoms with Crippen molar-refractivity contribution < 1.29 is 0 Å². The van der Waals surface area contributed by atoms with Crippen LogP contribution in [0.15, 0.2) is 29.5 Å². The van der Waals surface area contributed by atoms with Gasteiger partial charge in [0.1, 0.15) is 0 Å². The van der Waals surface area contributed by atoms with Crippen LogP contribution < -0.4 is 5.43 Å². The Labute approximate surface area is 59.8 Å². The fraction of sp³-hybridized carbons (Fsp3) is 0.143. The van der Waals surface area contributed by atoms with Crippen LogP contribution in [0.3, 0.4) is 0 Å². The molecule has 0 spiro atoms. The highest BCUT2D eigenvalue weighted by Gasteiger charge is 1.86. The standard InChI is InChI=1S/C7H9N3/c1-8-10-6-7-4-2-3-5-9-7/h2-5,10H,1,6H2. The van der Waals surface area contributed by atoms with E-state index in [1.165, 1.54) is 0 Å². The summed E-state index contributed by atoms with van der Waals surface area (Å²) in [6.45, 7) is 3.93. The van der Waals surface area contributed by atoms with Gasteiger partial charge in [-0.2, -0.15) is 5.10 Å². The number of hydrazone groups is 1. The van der Waals surface area contributed by atoms with Gasteiger partial charge >= 0.3 is 0 Å². The maximum Gasteiger partial charge on any atom is 0.0751 e. The van der Waals surface area contributed by atoms with E-state index in [1.54, 1.807) is 6.20 Å². The van der Waals surface area contributed by atoms with E-state index in [2.05, 4.69) is 22.2 Å². The van der Waals surface area contributed by atoms with E-state index in [0.717, 1.165) is 5.69 Å². The lowest BCUT2D eigenvalue weighted by atomic mass is 10.4. The van der Waals surface area contributed by atoms with Gasteiger partial charge in [0.15, 0.2) is 0 Å². The first kappa shape index (κ1) is 6.74. The van der Waals surface area contributed by atoms with E-state index in [0.29, 0.717) is 6.54 Å². The largest absolute Gasteiger partial charge is 0.305 e. The Morgan fingerprint density at radius 1 is 1.60 bits per heavy atom. The lowest BCUT2D eigenvalue weighted by molar-refractivity contribution is 0.731. The monoisotopic (exact) mass is 135 g/mol. The van der Waals surface area contributed by atoms with Crippen molar-refractivity contribution in [3.05, 3.63) is 30.1 Å². The van der Waals surface area contributed by atoms with Gasteiger partial charge in [0.05, 0.1) is 12.2 Å². The van der Waals surface area contributed by atoms with E-state index < -0.39 is 0 Å². The molecule has 0 amide bonds. The number of nitrogens with one attached hydrogen (secondary N) is 1. The minimum Gasteiger partial charge on any atom is -0.305 e. The predicted molar refractivity (Wildman–Crippen MR) is 40.6 cm³/mol. The molecule has 0 aliphatic carbocycles. The van der Waals surface area contributed by atoms with Gasteiger partial charge < -0.3 is 5.43 Å². The Kier molecular flexibility index (Phi) is 2.43. The van der Waals surface area contributed by atoms with Crippen molar-refractivity contribution in [3.63, 3.8) is 0 Å². The van der Waals surface area contributed by atoms with Crippen LogP contribution in [0, 0.1) is 0 Å². The quantitative estimate of drug-likeness (QED) is 0.491. The van der Waals surface area contributed by atoms with E-state index in [9.17, 15) is 0 Å². The van der Waals surface area contributed by atoms with Crippen LogP contribution in [0.1, 0.15) is 5.69 Å². The zero-order chi connectivity index (χ0) is 7.23. The van der Waals surface area contributed by atoms with Crippen molar-refractivity contribution in [3.8, 4) is 0 Å². The molecule has 3 nitrogen and oxygen atoms in total. The third kappa shape index (κ3) is 1.85. The topological polar surface area (TPSA) is 37.3 Å². The van der Waals surface area contributed by atoms with Gasteiger partial charge in [-0.3, -0.25) is 4.98 Å². The molecule has 0 aromatic carbocycles. The zero-order valence-electron chi connectivity index (χ0n) is 5.62. The SMILES string of the molecule is C=NNCc1ccccn1. The average molecular weight is 135 g/mol. The molecule has 3 heteroatoms. The highest BCUT2D eigenvalue weighted by Crippen LogP contribution is 1.90. The second-order valence-electron chi connectivity index (χ2n) is 1.81. The van der Waals surface area contributed by atoms with Crippen LogP contribution in [-0.4, -0.2) is 11.7 Å². The Morgan fingerprint density at radius 2 is 2.50 bits per heavy atom. The Hall–Kier alpha value is -1.38. The van der Waals surface area contributed by atoms with Gasteiger partial charge in [-0.25, -0.2) is 0 Å². The molecule has 0 aliphatic rings. The van der Waals surface area contributed by atoms with Crippen LogP contribution in [0.4, 0.5) is 0 Å². The molecule has 1 aromatic heterocycles. The third-order valence-electron chi connectivity index (χ3n) is 1.10. The molecule has 0 bridgehead atoms. The van der Waals surface area contributed by atoms with Crippen LogP contribution >= 0.6 is 0 Å². The highest BCUT2D eigenvalue weighted by molar-refractivity contribution is 5.22. The Morgan fingerprint density at radius 3 is 3.10 bits per heavy atom. The second kappa shape index (κ2) is 3.61. The van der Waals surface area contributed by atoms with Crippen LogP contribution in [0.25, 0.3) is 0 Å². The fourth-order valence-corrected chi connectivity index (χ4v) is 0.640. The molecule has 0 unspecified atom stereocenters. The van der Waals surface area contributed by atoms with Gasteiger partial charge in [0.25, 0.3) is 0 Å². The summed E-state index contributed by atoms with van der Waals surface area (Å²) in [5.74, 6) is 0. The number of hydrogen-bond donors (Lipinski definition) is 1. The molecule has 1 aromatic rings. The first-order chi connectivity index (χ1) is 4.93. The maximum atomic E-state index is 4.07. The smallest absolute Gasteiger partial charge is 0.0751 e. The normalized spacial score (nSPS) is 8.80. The molecule has 1 rings (SSSR count). The van der Waals surface area contributed by atoms with Crippen LogP contribution in [0.2, 0.25) is 0 Å². The van der Waals surface area contributed by atoms with Gasteiger partial charge in [0, 0.05) is 12.9 Å². The van der Waals surface area contributed by atoms with Gasteiger partial charge in [-0.1, -0.05) is 6.07 Å². The molecule has 52 valence electrons. The summed E-state index contributed by atoms with van der Waals surface area (Å²) in [7, 11) is 0. The first-order valence-corrected chi connectivity index (χ1v) is 3.02. The van der Waals surface area contributed by atoms with Gasteiger partial charge in [-0.15, -0.1) is 0 Å². The Balaban J connectivity index is 2.50. The number of aromatic nitrogens is 1. The lowest BCUT2D eigenvalue weighted by Gasteiger charge is -1.96. The van der Waals surface area contributed by atoms with Gasteiger partial charge in [-0.05, 0) is 12.1 Å². The molecule has 1 heterocycles. The molecule has 0 saturated carbocycles. The maximum absolute atomic E-state index is 4.07. The van der Waals surface area contributed by atoms with E-state index in [-0.39, 0.29) is 0 Å². The summed E-state index contributed by atoms with van der Waals surface area (Å²) in [6, 6.07) is 5.75. The molecule has 0 aliphatic heterocycles. The summed E-state index contributed by atoms with van der Waals surface area (Å²) in [5, 5.41) is 3.49.